The lowest BCUT2D eigenvalue weighted by molar-refractivity contribution is -0.145. The van der Waals surface area contributed by atoms with Crippen LogP contribution in [-0.4, -0.2) is 17.8 Å². The molecular formula is C17H15NO4. The Morgan fingerprint density at radius 3 is 2.05 bits per heavy atom. The van der Waals surface area contributed by atoms with Crippen molar-refractivity contribution in [1.29, 1.82) is 0 Å². The molecular weight excluding hydrogens is 282 g/mol. The molecule has 0 heterocycles. The lowest BCUT2D eigenvalue weighted by atomic mass is 10.1. The maximum Gasteiger partial charge on any atom is 0.345 e. The second-order valence-electron chi connectivity index (χ2n) is 4.65. The molecule has 0 unspecified atom stereocenters. The summed E-state index contributed by atoms with van der Waals surface area (Å²) in [6, 6.07) is 16.9. The summed E-state index contributed by atoms with van der Waals surface area (Å²) in [7, 11) is 0. The minimum atomic E-state index is -1.09. The van der Waals surface area contributed by atoms with Crippen molar-refractivity contribution in [3.05, 3.63) is 66.2 Å². The lowest BCUT2D eigenvalue weighted by Crippen LogP contribution is -2.30. The molecule has 0 aliphatic heterocycles. The number of anilines is 1. The summed E-state index contributed by atoms with van der Waals surface area (Å²) in [4.78, 5) is 35.6. The van der Waals surface area contributed by atoms with Crippen LogP contribution in [-0.2, 0) is 14.3 Å². The van der Waals surface area contributed by atoms with Gasteiger partial charge in [0.1, 0.15) is 5.92 Å². The van der Waals surface area contributed by atoms with E-state index in [4.69, 9.17) is 4.74 Å². The van der Waals surface area contributed by atoms with E-state index in [0.717, 1.165) is 0 Å². The van der Waals surface area contributed by atoms with Crippen LogP contribution in [0.2, 0.25) is 0 Å². The predicted molar refractivity (Wildman–Crippen MR) is 81.1 cm³/mol. The molecule has 2 aromatic rings. The van der Waals surface area contributed by atoms with Crippen LogP contribution < -0.4 is 5.32 Å². The van der Waals surface area contributed by atoms with Gasteiger partial charge in [0.15, 0.2) is 0 Å². The van der Waals surface area contributed by atoms with Gasteiger partial charge in [-0.1, -0.05) is 36.4 Å². The summed E-state index contributed by atoms with van der Waals surface area (Å²) in [6.45, 7) is 1.39. The third-order valence-corrected chi connectivity index (χ3v) is 2.99. The van der Waals surface area contributed by atoms with E-state index in [1.54, 1.807) is 42.5 Å². The number of hydrogen-bond donors (Lipinski definition) is 1. The number of rotatable bonds is 4. The topological polar surface area (TPSA) is 72.5 Å². The molecule has 1 atom stereocenters. The van der Waals surface area contributed by atoms with E-state index in [0.29, 0.717) is 5.69 Å². The van der Waals surface area contributed by atoms with Gasteiger partial charge in [0.2, 0.25) is 5.91 Å². The molecule has 0 saturated heterocycles. The van der Waals surface area contributed by atoms with Gasteiger partial charge in [-0.3, -0.25) is 9.59 Å². The van der Waals surface area contributed by atoms with Gasteiger partial charge in [-0.15, -0.1) is 0 Å². The van der Waals surface area contributed by atoms with Gasteiger partial charge in [-0.2, -0.15) is 0 Å². The number of hydrogen-bond acceptors (Lipinski definition) is 4. The molecule has 0 aliphatic rings. The van der Waals surface area contributed by atoms with Crippen LogP contribution in [0.3, 0.4) is 0 Å². The standard InChI is InChI=1S/C17H15NO4/c1-12(15(19)18-14-10-6-3-7-11-14)16(20)22-17(21)13-8-4-2-5-9-13/h2-12H,1H3,(H,18,19)/t12-/m1/s1. The van der Waals surface area contributed by atoms with Crippen molar-refractivity contribution < 1.29 is 19.1 Å². The number of benzene rings is 2. The van der Waals surface area contributed by atoms with Crippen molar-refractivity contribution in [3.63, 3.8) is 0 Å². The average molecular weight is 297 g/mol. The van der Waals surface area contributed by atoms with Gasteiger partial charge in [-0.25, -0.2) is 4.79 Å². The smallest absolute Gasteiger partial charge is 0.345 e. The Labute approximate surface area is 127 Å². The first-order valence-electron chi connectivity index (χ1n) is 6.75. The fourth-order valence-corrected chi connectivity index (χ4v) is 1.69. The summed E-state index contributed by atoms with van der Waals surface area (Å²) < 4.78 is 4.72. The van der Waals surface area contributed by atoms with E-state index in [1.807, 2.05) is 6.07 Å². The molecule has 112 valence electrons. The fraction of sp³-hybridized carbons (Fsp3) is 0.118. The normalized spacial score (nSPS) is 11.3. The first kappa shape index (κ1) is 15.4. The maximum absolute atomic E-state index is 11.9. The second-order valence-corrected chi connectivity index (χ2v) is 4.65. The zero-order valence-corrected chi connectivity index (χ0v) is 12.0. The third-order valence-electron chi connectivity index (χ3n) is 2.99. The number of para-hydroxylation sites is 1. The molecule has 2 aromatic carbocycles. The first-order chi connectivity index (χ1) is 10.6. The molecule has 1 amide bonds. The molecule has 0 bridgehead atoms. The third kappa shape index (κ3) is 4.02. The molecule has 0 aliphatic carbocycles. The summed E-state index contributed by atoms with van der Waals surface area (Å²) in [5, 5.41) is 2.58. The van der Waals surface area contributed by atoms with Crippen LogP contribution in [0.4, 0.5) is 5.69 Å². The number of carbonyl (C=O) groups excluding carboxylic acids is 3. The first-order valence-corrected chi connectivity index (χ1v) is 6.75. The highest BCUT2D eigenvalue weighted by Crippen LogP contribution is 2.10. The van der Waals surface area contributed by atoms with E-state index in [2.05, 4.69) is 5.32 Å². The Morgan fingerprint density at radius 2 is 1.45 bits per heavy atom. The molecule has 0 aromatic heterocycles. The number of ether oxygens (including phenoxy) is 1. The predicted octanol–water partition coefficient (Wildman–Crippen LogP) is 2.64. The van der Waals surface area contributed by atoms with Gasteiger partial charge in [0.05, 0.1) is 5.56 Å². The Hall–Kier alpha value is -2.95. The molecule has 0 fully saturated rings. The largest absolute Gasteiger partial charge is 0.389 e. The van der Waals surface area contributed by atoms with Crippen LogP contribution in [0.1, 0.15) is 17.3 Å². The molecule has 0 saturated carbocycles. The fourth-order valence-electron chi connectivity index (χ4n) is 1.69. The molecule has 2 rings (SSSR count). The van der Waals surface area contributed by atoms with Gasteiger partial charge >= 0.3 is 11.9 Å². The second kappa shape index (κ2) is 7.17. The van der Waals surface area contributed by atoms with Crippen molar-refractivity contribution in [1.82, 2.24) is 0 Å². The lowest BCUT2D eigenvalue weighted by Gasteiger charge is -2.11. The van der Waals surface area contributed by atoms with Crippen molar-refractivity contribution in [2.24, 2.45) is 5.92 Å². The van der Waals surface area contributed by atoms with Crippen LogP contribution in [0.15, 0.2) is 60.7 Å². The highest BCUT2D eigenvalue weighted by Gasteiger charge is 2.25. The van der Waals surface area contributed by atoms with E-state index < -0.39 is 23.8 Å². The Kier molecular flexibility index (Phi) is 5.03. The van der Waals surface area contributed by atoms with Crippen LogP contribution in [0.25, 0.3) is 0 Å². The zero-order chi connectivity index (χ0) is 15.9. The highest BCUT2D eigenvalue weighted by atomic mass is 16.6. The number of amides is 1. The van der Waals surface area contributed by atoms with Gasteiger partial charge in [0, 0.05) is 5.69 Å². The van der Waals surface area contributed by atoms with Gasteiger partial charge in [-0.05, 0) is 31.2 Å². The molecule has 0 radical (unpaired) electrons. The molecule has 5 heteroatoms. The quantitative estimate of drug-likeness (QED) is 0.695. The van der Waals surface area contributed by atoms with E-state index in [1.165, 1.54) is 19.1 Å². The highest BCUT2D eigenvalue weighted by molar-refractivity contribution is 6.08. The molecule has 22 heavy (non-hydrogen) atoms. The molecule has 5 nitrogen and oxygen atoms in total. The van der Waals surface area contributed by atoms with Crippen molar-refractivity contribution in [3.8, 4) is 0 Å². The Bertz CT molecular complexity index is 668. The van der Waals surface area contributed by atoms with Crippen LogP contribution in [0, 0.1) is 5.92 Å². The molecule has 0 spiro atoms. The van der Waals surface area contributed by atoms with Crippen molar-refractivity contribution in [2.75, 3.05) is 5.32 Å². The van der Waals surface area contributed by atoms with Gasteiger partial charge in [0.25, 0.3) is 0 Å². The summed E-state index contributed by atoms with van der Waals surface area (Å²) >= 11 is 0. The molecule has 1 N–H and O–H groups in total. The van der Waals surface area contributed by atoms with E-state index in [9.17, 15) is 14.4 Å². The van der Waals surface area contributed by atoms with Crippen LogP contribution >= 0.6 is 0 Å². The SMILES string of the molecule is C[C@H](C(=O)Nc1ccccc1)C(=O)OC(=O)c1ccccc1. The van der Waals surface area contributed by atoms with Crippen molar-refractivity contribution >= 4 is 23.5 Å². The number of carbonyl (C=O) groups is 3. The minimum Gasteiger partial charge on any atom is -0.389 e. The van der Waals surface area contributed by atoms with Crippen molar-refractivity contribution in [2.45, 2.75) is 6.92 Å². The van der Waals surface area contributed by atoms with Crippen LogP contribution in [0.5, 0.6) is 0 Å². The minimum absolute atomic E-state index is 0.256. The monoisotopic (exact) mass is 297 g/mol. The van der Waals surface area contributed by atoms with E-state index in [-0.39, 0.29) is 5.56 Å². The Balaban J connectivity index is 1.94. The summed E-state index contributed by atoms with van der Waals surface area (Å²) in [5.41, 5.74) is 0.827. The summed E-state index contributed by atoms with van der Waals surface area (Å²) in [6.07, 6.45) is 0. The van der Waals surface area contributed by atoms with E-state index >= 15 is 0 Å². The average Bonchev–Trinajstić information content (AvgIpc) is 2.55. The zero-order valence-electron chi connectivity index (χ0n) is 12.0. The maximum atomic E-state index is 11.9. The summed E-state index contributed by atoms with van der Waals surface area (Å²) in [5.74, 6) is -3.28. The number of esters is 2. The number of nitrogens with one attached hydrogen (secondary N) is 1. The van der Waals surface area contributed by atoms with Gasteiger partial charge < -0.3 is 10.1 Å². The Morgan fingerprint density at radius 1 is 0.909 bits per heavy atom.